The van der Waals surface area contributed by atoms with E-state index in [0.717, 1.165) is 12.8 Å². The second kappa shape index (κ2) is 5.35. The van der Waals surface area contributed by atoms with E-state index in [-0.39, 0.29) is 11.6 Å². The molecule has 98 valence electrons. The molecule has 0 atom stereocenters. The second-order valence-corrected chi connectivity index (χ2v) is 4.49. The molecule has 5 nitrogen and oxygen atoms in total. The number of rotatable bonds is 5. The molecule has 0 unspecified atom stereocenters. The first kappa shape index (κ1) is 12.8. The van der Waals surface area contributed by atoms with Crippen LogP contribution in [0.5, 0.6) is 0 Å². The van der Waals surface area contributed by atoms with E-state index in [9.17, 15) is 4.79 Å². The highest BCUT2D eigenvalue weighted by Gasteiger charge is 2.37. The molecular formula is C13H18N2O3. The lowest BCUT2D eigenvalue weighted by Crippen LogP contribution is -2.45. The molecule has 5 heteroatoms. The number of esters is 1. The molecule has 1 N–H and O–H groups in total. The van der Waals surface area contributed by atoms with Crippen LogP contribution in [0.1, 0.15) is 29.6 Å². The Balaban J connectivity index is 2.07. The summed E-state index contributed by atoms with van der Waals surface area (Å²) in [7, 11) is 3.09. The van der Waals surface area contributed by atoms with E-state index >= 15 is 0 Å². The standard InChI is InChI=1S/C13H18N2O3/c1-17-12(16)10-5-3-8-14-11(10)15-9-13(18-2)6-4-7-13/h3,5,8H,4,6-7,9H2,1-2H3,(H,14,15). The van der Waals surface area contributed by atoms with Gasteiger partial charge in [-0.25, -0.2) is 9.78 Å². The molecule has 0 radical (unpaired) electrons. The van der Waals surface area contributed by atoms with E-state index in [1.807, 2.05) is 0 Å². The Morgan fingerprint density at radius 2 is 2.28 bits per heavy atom. The zero-order valence-corrected chi connectivity index (χ0v) is 10.7. The monoisotopic (exact) mass is 250 g/mol. The van der Waals surface area contributed by atoms with Gasteiger partial charge in [0.25, 0.3) is 0 Å². The summed E-state index contributed by atoms with van der Waals surface area (Å²) < 4.78 is 10.2. The molecule has 2 rings (SSSR count). The molecule has 0 saturated heterocycles. The Labute approximate surface area is 107 Å². The fraction of sp³-hybridized carbons (Fsp3) is 0.538. The van der Waals surface area contributed by atoms with Gasteiger partial charge in [-0.05, 0) is 31.4 Å². The Bertz CT molecular complexity index is 424. The maximum absolute atomic E-state index is 11.6. The van der Waals surface area contributed by atoms with E-state index < -0.39 is 0 Å². The van der Waals surface area contributed by atoms with Gasteiger partial charge >= 0.3 is 5.97 Å². The van der Waals surface area contributed by atoms with Crippen molar-refractivity contribution < 1.29 is 14.3 Å². The second-order valence-electron chi connectivity index (χ2n) is 4.49. The highest BCUT2D eigenvalue weighted by atomic mass is 16.5. The third kappa shape index (κ3) is 2.46. The largest absolute Gasteiger partial charge is 0.465 e. The first-order valence-electron chi connectivity index (χ1n) is 6.03. The number of ether oxygens (including phenoxy) is 2. The van der Waals surface area contributed by atoms with E-state index in [0.29, 0.717) is 17.9 Å². The Hall–Kier alpha value is -1.62. The third-order valence-electron chi connectivity index (χ3n) is 3.49. The van der Waals surface area contributed by atoms with Gasteiger partial charge in [0.15, 0.2) is 0 Å². The average Bonchev–Trinajstić information content (AvgIpc) is 2.37. The number of anilines is 1. The maximum atomic E-state index is 11.6. The number of carbonyl (C=O) groups is 1. The van der Waals surface area contributed by atoms with Crippen LogP contribution in [0.3, 0.4) is 0 Å². The first-order chi connectivity index (χ1) is 8.71. The normalized spacial score (nSPS) is 16.8. The van der Waals surface area contributed by atoms with Gasteiger partial charge in [0.05, 0.1) is 12.7 Å². The number of hydrogen-bond acceptors (Lipinski definition) is 5. The van der Waals surface area contributed by atoms with Crippen LogP contribution < -0.4 is 5.32 Å². The summed E-state index contributed by atoms with van der Waals surface area (Å²) in [6.45, 7) is 0.657. The number of hydrogen-bond donors (Lipinski definition) is 1. The Kier molecular flexibility index (Phi) is 3.81. The third-order valence-corrected chi connectivity index (χ3v) is 3.49. The fourth-order valence-electron chi connectivity index (χ4n) is 2.09. The quantitative estimate of drug-likeness (QED) is 0.808. The van der Waals surface area contributed by atoms with Crippen molar-refractivity contribution in [3.63, 3.8) is 0 Å². The minimum Gasteiger partial charge on any atom is -0.465 e. The summed E-state index contributed by atoms with van der Waals surface area (Å²) in [4.78, 5) is 15.8. The molecule has 1 saturated carbocycles. The molecule has 0 amide bonds. The molecule has 0 bridgehead atoms. The van der Waals surface area contributed by atoms with Crippen molar-refractivity contribution in [2.24, 2.45) is 0 Å². The Morgan fingerprint density at radius 1 is 1.50 bits per heavy atom. The van der Waals surface area contributed by atoms with Crippen molar-refractivity contribution in [1.82, 2.24) is 4.98 Å². The topological polar surface area (TPSA) is 60.5 Å². The van der Waals surface area contributed by atoms with Gasteiger partial charge in [-0.3, -0.25) is 0 Å². The van der Waals surface area contributed by atoms with Crippen LogP contribution in [0.15, 0.2) is 18.3 Å². The van der Waals surface area contributed by atoms with Crippen LogP contribution in [-0.2, 0) is 9.47 Å². The molecule has 1 aromatic rings. The summed E-state index contributed by atoms with van der Waals surface area (Å²) in [5.41, 5.74) is 0.343. The van der Waals surface area contributed by atoms with Gasteiger partial charge in [-0.15, -0.1) is 0 Å². The molecule has 1 aliphatic rings. The van der Waals surface area contributed by atoms with Gasteiger partial charge < -0.3 is 14.8 Å². The summed E-state index contributed by atoms with van der Waals surface area (Å²) in [6, 6.07) is 3.41. The SMILES string of the molecule is COC(=O)c1cccnc1NCC1(OC)CCC1. The van der Waals surface area contributed by atoms with Gasteiger partial charge in [0.1, 0.15) is 11.4 Å². The summed E-state index contributed by atoms with van der Waals surface area (Å²) >= 11 is 0. The van der Waals surface area contributed by atoms with Gasteiger partial charge in [0.2, 0.25) is 0 Å². The molecule has 0 spiro atoms. The molecule has 0 aliphatic heterocycles. The molecule has 0 aromatic carbocycles. The lowest BCUT2D eigenvalue weighted by atomic mass is 9.80. The van der Waals surface area contributed by atoms with E-state index in [1.165, 1.54) is 13.5 Å². The van der Waals surface area contributed by atoms with Crippen LogP contribution in [0.25, 0.3) is 0 Å². The van der Waals surface area contributed by atoms with Gasteiger partial charge in [0, 0.05) is 19.9 Å². The highest BCUT2D eigenvalue weighted by molar-refractivity contribution is 5.94. The van der Waals surface area contributed by atoms with Crippen molar-refractivity contribution in [3.05, 3.63) is 23.9 Å². The van der Waals surface area contributed by atoms with Crippen LogP contribution in [0, 0.1) is 0 Å². The van der Waals surface area contributed by atoms with E-state index in [4.69, 9.17) is 9.47 Å². The summed E-state index contributed by atoms with van der Waals surface area (Å²) in [5, 5.41) is 3.19. The molecule has 1 fully saturated rings. The predicted molar refractivity (Wildman–Crippen MR) is 67.7 cm³/mol. The van der Waals surface area contributed by atoms with Crippen LogP contribution in [0.4, 0.5) is 5.82 Å². The predicted octanol–water partition coefficient (Wildman–Crippen LogP) is 1.85. The van der Waals surface area contributed by atoms with Crippen molar-refractivity contribution in [1.29, 1.82) is 0 Å². The summed E-state index contributed by atoms with van der Waals surface area (Å²) in [5.74, 6) is 0.165. The fourth-order valence-corrected chi connectivity index (χ4v) is 2.09. The van der Waals surface area contributed by atoms with Crippen LogP contribution in [-0.4, -0.2) is 37.3 Å². The van der Waals surface area contributed by atoms with Gasteiger partial charge in [-0.2, -0.15) is 0 Å². The highest BCUT2D eigenvalue weighted by Crippen LogP contribution is 2.35. The molecule has 18 heavy (non-hydrogen) atoms. The number of pyridine rings is 1. The van der Waals surface area contributed by atoms with E-state index in [2.05, 4.69) is 10.3 Å². The lowest BCUT2D eigenvalue weighted by molar-refractivity contribution is -0.0601. The minimum absolute atomic E-state index is 0.106. The number of nitrogens with one attached hydrogen (secondary N) is 1. The first-order valence-corrected chi connectivity index (χ1v) is 6.03. The van der Waals surface area contributed by atoms with Crippen molar-refractivity contribution in [2.75, 3.05) is 26.1 Å². The zero-order chi connectivity index (χ0) is 13.0. The number of carbonyl (C=O) groups excluding carboxylic acids is 1. The van der Waals surface area contributed by atoms with Crippen LogP contribution >= 0.6 is 0 Å². The van der Waals surface area contributed by atoms with Gasteiger partial charge in [-0.1, -0.05) is 0 Å². The van der Waals surface area contributed by atoms with Crippen molar-refractivity contribution in [3.8, 4) is 0 Å². The smallest absolute Gasteiger partial charge is 0.341 e. The minimum atomic E-state index is -0.384. The lowest BCUT2D eigenvalue weighted by Gasteiger charge is -2.40. The number of aromatic nitrogens is 1. The Morgan fingerprint density at radius 3 is 2.83 bits per heavy atom. The van der Waals surface area contributed by atoms with E-state index in [1.54, 1.807) is 25.4 Å². The number of nitrogens with zero attached hydrogens (tertiary/aromatic N) is 1. The summed E-state index contributed by atoms with van der Waals surface area (Å²) in [6.07, 6.45) is 4.91. The van der Waals surface area contributed by atoms with Crippen molar-refractivity contribution >= 4 is 11.8 Å². The molecular weight excluding hydrogens is 232 g/mol. The average molecular weight is 250 g/mol. The molecule has 1 heterocycles. The zero-order valence-electron chi connectivity index (χ0n) is 10.7. The maximum Gasteiger partial charge on any atom is 0.341 e. The number of methoxy groups -OCH3 is 2. The van der Waals surface area contributed by atoms with Crippen LogP contribution in [0.2, 0.25) is 0 Å². The van der Waals surface area contributed by atoms with Crippen molar-refractivity contribution in [2.45, 2.75) is 24.9 Å². The molecule has 1 aromatic heterocycles. The molecule has 1 aliphatic carbocycles.